The van der Waals surface area contributed by atoms with E-state index < -0.39 is 29.0 Å². The molecule has 1 heterocycles. The normalized spacial score (nSPS) is 13.0. The highest BCUT2D eigenvalue weighted by atomic mass is 19.2. The zero-order valence-corrected chi connectivity index (χ0v) is 11.9. The van der Waals surface area contributed by atoms with Crippen LogP contribution in [0.5, 0.6) is 5.75 Å². The van der Waals surface area contributed by atoms with Crippen molar-refractivity contribution < 1.29 is 22.7 Å². The van der Waals surface area contributed by atoms with Gasteiger partial charge < -0.3 is 10.1 Å². The minimum absolute atomic E-state index is 0.416. The van der Waals surface area contributed by atoms with Crippen LogP contribution in [0, 0.1) is 17.5 Å². The molecule has 0 spiro atoms. The molecule has 3 rings (SSSR count). The average molecular weight is 319 g/mol. The van der Waals surface area contributed by atoms with Gasteiger partial charge in [-0.05, 0) is 41.5 Å². The van der Waals surface area contributed by atoms with E-state index in [0.717, 1.165) is 35.4 Å². The highest BCUT2D eigenvalue weighted by molar-refractivity contribution is 6.02. The Balaban J connectivity index is 1.71. The first kappa shape index (κ1) is 15.1. The Bertz CT molecular complexity index is 803. The van der Waals surface area contributed by atoms with E-state index in [4.69, 9.17) is 4.74 Å². The van der Waals surface area contributed by atoms with Crippen molar-refractivity contribution in [3.8, 4) is 5.75 Å². The lowest BCUT2D eigenvalue weighted by Crippen LogP contribution is -2.10. The fourth-order valence-electron chi connectivity index (χ4n) is 2.28. The average Bonchev–Trinajstić information content (AvgIpc) is 3.01. The van der Waals surface area contributed by atoms with Gasteiger partial charge in [-0.2, -0.15) is 0 Å². The lowest BCUT2D eigenvalue weighted by atomic mass is 10.1. The third-order valence-corrected chi connectivity index (χ3v) is 3.43. The number of nitrogens with one attached hydrogen (secondary N) is 1. The van der Waals surface area contributed by atoms with E-state index >= 15 is 0 Å². The van der Waals surface area contributed by atoms with Crippen LogP contribution in [0.25, 0.3) is 6.08 Å². The highest BCUT2D eigenvalue weighted by Gasteiger charge is 2.14. The molecule has 0 atom stereocenters. The number of ether oxygens (including phenoxy) is 1. The molecule has 0 saturated heterocycles. The van der Waals surface area contributed by atoms with E-state index in [-0.39, 0.29) is 0 Å². The number of fused-ring (bicyclic) bond motifs is 1. The molecule has 2 aromatic carbocycles. The Morgan fingerprint density at radius 3 is 2.78 bits per heavy atom. The number of carbonyl (C=O) groups is 1. The van der Waals surface area contributed by atoms with Gasteiger partial charge in [0, 0.05) is 12.5 Å². The topological polar surface area (TPSA) is 38.3 Å². The zero-order chi connectivity index (χ0) is 16.4. The molecule has 118 valence electrons. The van der Waals surface area contributed by atoms with Crippen molar-refractivity contribution in [2.24, 2.45) is 0 Å². The van der Waals surface area contributed by atoms with E-state index in [0.29, 0.717) is 6.61 Å². The molecule has 6 heteroatoms. The predicted octanol–water partition coefficient (Wildman–Crippen LogP) is 3.69. The van der Waals surface area contributed by atoms with Gasteiger partial charge in [-0.3, -0.25) is 4.79 Å². The Kier molecular flexibility index (Phi) is 4.06. The molecule has 0 fully saturated rings. The Morgan fingerprint density at radius 1 is 1.13 bits per heavy atom. The molecule has 0 bridgehead atoms. The number of amides is 1. The summed E-state index contributed by atoms with van der Waals surface area (Å²) in [6.45, 7) is 0.637. The Morgan fingerprint density at radius 2 is 1.96 bits per heavy atom. The van der Waals surface area contributed by atoms with Gasteiger partial charge in [-0.25, -0.2) is 13.2 Å². The Hall–Kier alpha value is -2.76. The molecule has 0 aromatic heterocycles. The molecule has 0 unspecified atom stereocenters. The van der Waals surface area contributed by atoms with E-state index in [1.807, 2.05) is 12.1 Å². The number of rotatable bonds is 3. The van der Waals surface area contributed by atoms with E-state index in [1.165, 1.54) is 6.08 Å². The summed E-state index contributed by atoms with van der Waals surface area (Å²) in [6.07, 6.45) is 3.55. The van der Waals surface area contributed by atoms with E-state index in [1.54, 1.807) is 12.1 Å². The number of hydrogen-bond acceptors (Lipinski definition) is 2. The fourth-order valence-corrected chi connectivity index (χ4v) is 2.28. The summed E-state index contributed by atoms with van der Waals surface area (Å²) in [7, 11) is 0. The molecule has 23 heavy (non-hydrogen) atoms. The summed E-state index contributed by atoms with van der Waals surface area (Å²) in [6, 6.07) is 7.20. The fraction of sp³-hybridized carbons (Fsp3) is 0.118. The van der Waals surface area contributed by atoms with Crippen molar-refractivity contribution in [3.05, 3.63) is 65.0 Å². The molecule has 1 N–H and O–H groups in total. The van der Waals surface area contributed by atoms with Crippen LogP contribution in [0.3, 0.4) is 0 Å². The lowest BCUT2D eigenvalue weighted by molar-refractivity contribution is -0.111. The van der Waals surface area contributed by atoms with Crippen LogP contribution >= 0.6 is 0 Å². The van der Waals surface area contributed by atoms with Crippen LogP contribution < -0.4 is 10.1 Å². The van der Waals surface area contributed by atoms with Crippen LogP contribution in [0.15, 0.2) is 36.4 Å². The van der Waals surface area contributed by atoms with Crippen molar-refractivity contribution in [3.63, 3.8) is 0 Å². The van der Waals surface area contributed by atoms with Crippen molar-refractivity contribution in [2.75, 3.05) is 11.9 Å². The van der Waals surface area contributed by atoms with Gasteiger partial charge in [0.1, 0.15) is 5.75 Å². The van der Waals surface area contributed by atoms with Crippen LogP contribution in [0.1, 0.15) is 11.1 Å². The maximum absolute atomic E-state index is 13.5. The number of benzene rings is 2. The number of hydrogen-bond donors (Lipinski definition) is 1. The van der Waals surface area contributed by atoms with Gasteiger partial charge in [0.15, 0.2) is 17.5 Å². The second kappa shape index (κ2) is 6.16. The van der Waals surface area contributed by atoms with E-state index in [9.17, 15) is 18.0 Å². The highest BCUT2D eigenvalue weighted by Crippen LogP contribution is 2.26. The number of anilines is 1. The third kappa shape index (κ3) is 3.21. The van der Waals surface area contributed by atoms with Crippen molar-refractivity contribution >= 4 is 17.7 Å². The molecular weight excluding hydrogens is 307 g/mol. The third-order valence-electron chi connectivity index (χ3n) is 3.43. The maximum atomic E-state index is 13.5. The van der Waals surface area contributed by atoms with Crippen molar-refractivity contribution in [1.29, 1.82) is 0 Å². The maximum Gasteiger partial charge on any atom is 0.248 e. The lowest BCUT2D eigenvalue weighted by Gasteiger charge is -2.05. The number of carbonyl (C=O) groups excluding carboxylic acids is 1. The summed E-state index contributed by atoms with van der Waals surface area (Å²) in [4.78, 5) is 11.8. The quantitative estimate of drug-likeness (QED) is 0.692. The van der Waals surface area contributed by atoms with Crippen LogP contribution in [0.2, 0.25) is 0 Å². The summed E-state index contributed by atoms with van der Waals surface area (Å²) < 4.78 is 44.8. The van der Waals surface area contributed by atoms with Gasteiger partial charge in [-0.1, -0.05) is 6.07 Å². The second-order valence-corrected chi connectivity index (χ2v) is 5.01. The minimum Gasteiger partial charge on any atom is -0.493 e. The number of halogens is 3. The summed E-state index contributed by atoms with van der Waals surface area (Å²) in [5.74, 6) is -4.18. The molecular formula is C17H12F3NO2. The molecule has 1 amide bonds. The van der Waals surface area contributed by atoms with E-state index in [2.05, 4.69) is 5.32 Å². The van der Waals surface area contributed by atoms with Crippen molar-refractivity contribution in [1.82, 2.24) is 0 Å². The van der Waals surface area contributed by atoms with Gasteiger partial charge in [0.05, 0.1) is 12.3 Å². The SMILES string of the molecule is O=C(C=Cc1ccc2c(c1)CCO2)Nc1ccc(F)c(F)c1F. The molecule has 3 nitrogen and oxygen atoms in total. The van der Waals surface area contributed by atoms with Crippen LogP contribution in [0.4, 0.5) is 18.9 Å². The summed E-state index contributed by atoms with van der Waals surface area (Å²) >= 11 is 0. The predicted molar refractivity (Wildman–Crippen MR) is 79.6 cm³/mol. The Labute approximate surface area is 130 Å². The largest absolute Gasteiger partial charge is 0.493 e. The van der Waals surface area contributed by atoms with Gasteiger partial charge >= 0.3 is 0 Å². The van der Waals surface area contributed by atoms with Crippen LogP contribution in [-0.2, 0) is 11.2 Å². The first-order chi connectivity index (χ1) is 11.0. The monoisotopic (exact) mass is 319 g/mol. The first-order valence-corrected chi connectivity index (χ1v) is 6.93. The van der Waals surface area contributed by atoms with Crippen LogP contribution in [-0.4, -0.2) is 12.5 Å². The molecule has 0 radical (unpaired) electrons. The first-order valence-electron chi connectivity index (χ1n) is 6.93. The van der Waals surface area contributed by atoms with Gasteiger partial charge in [0.25, 0.3) is 0 Å². The minimum atomic E-state index is -1.62. The van der Waals surface area contributed by atoms with Gasteiger partial charge in [0.2, 0.25) is 5.91 Å². The summed E-state index contributed by atoms with van der Waals surface area (Å²) in [5.41, 5.74) is 1.43. The second-order valence-electron chi connectivity index (χ2n) is 5.01. The molecule has 2 aromatic rings. The van der Waals surface area contributed by atoms with Gasteiger partial charge in [-0.15, -0.1) is 0 Å². The zero-order valence-electron chi connectivity index (χ0n) is 11.9. The smallest absolute Gasteiger partial charge is 0.248 e. The molecule has 0 saturated carbocycles. The molecule has 1 aliphatic heterocycles. The summed E-state index contributed by atoms with van der Waals surface area (Å²) in [5, 5.41) is 2.17. The molecule has 0 aliphatic carbocycles. The van der Waals surface area contributed by atoms with Crippen molar-refractivity contribution in [2.45, 2.75) is 6.42 Å². The standard InChI is InChI=1S/C17H12F3NO2/c18-12-3-4-13(17(20)16(12)19)21-15(22)6-2-10-1-5-14-11(9-10)7-8-23-14/h1-6,9H,7-8H2,(H,21,22). The molecule has 1 aliphatic rings.